The van der Waals surface area contributed by atoms with Crippen LogP contribution < -0.4 is 21.3 Å². The van der Waals surface area contributed by atoms with Gasteiger partial charge >= 0.3 is 0 Å². The Morgan fingerprint density at radius 1 is 1.04 bits per heavy atom. The van der Waals surface area contributed by atoms with Crippen molar-refractivity contribution in [3.63, 3.8) is 0 Å². The molecule has 0 aromatic heterocycles. The Morgan fingerprint density at radius 2 is 1.85 bits per heavy atom. The average Bonchev–Trinajstić information content (AvgIpc) is 3.45. The first-order chi connectivity index (χ1) is 22.2. The van der Waals surface area contributed by atoms with Gasteiger partial charge in [0.25, 0.3) is 0 Å². The SMILES string of the molecule is CC1NCOC1COC1CCC2CN(C[C@@H](O)CNC(=O)C3CC(NC4CCC4)NC(N4CCN(C(C)C)CC4)C3)CCC2C1C. The second kappa shape index (κ2) is 16.2. The summed E-state index contributed by atoms with van der Waals surface area (Å²) in [6.07, 6.45) is 9.12. The van der Waals surface area contributed by atoms with Crippen LogP contribution in [-0.2, 0) is 14.3 Å². The van der Waals surface area contributed by atoms with Crippen LogP contribution in [0.3, 0.4) is 0 Å². The molecule has 46 heavy (non-hydrogen) atoms. The average molecular weight is 648 g/mol. The van der Waals surface area contributed by atoms with Gasteiger partial charge in [-0.1, -0.05) is 13.3 Å². The molecular formula is C35H65N7O4. The van der Waals surface area contributed by atoms with Crippen molar-refractivity contribution in [1.82, 2.24) is 36.0 Å². The quantitative estimate of drug-likeness (QED) is 0.213. The van der Waals surface area contributed by atoms with Crippen LogP contribution in [0, 0.1) is 23.7 Å². The summed E-state index contributed by atoms with van der Waals surface area (Å²) in [5.74, 6) is 1.93. The van der Waals surface area contributed by atoms with Gasteiger partial charge in [0.15, 0.2) is 0 Å². The van der Waals surface area contributed by atoms with E-state index in [4.69, 9.17) is 9.47 Å². The summed E-state index contributed by atoms with van der Waals surface area (Å²) in [6, 6.07) is 1.50. The fraction of sp³-hybridized carbons (Fsp3) is 0.971. The molecule has 5 N–H and O–H groups in total. The lowest BCUT2D eigenvalue weighted by Crippen LogP contribution is -2.64. The molecule has 10 atom stereocenters. The predicted molar refractivity (Wildman–Crippen MR) is 180 cm³/mol. The van der Waals surface area contributed by atoms with Gasteiger partial charge in [-0.05, 0) is 90.0 Å². The third-order valence-electron chi connectivity index (χ3n) is 12.5. The second-order valence-corrected chi connectivity index (χ2v) is 15.9. The molecule has 0 spiro atoms. The first kappa shape index (κ1) is 35.0. The highest BCUT2D eigenvalue weighted by Gasteiger charge is 2.42. The van der Waals surface area contributed by atoms with Crippen LogP contribution in [0.2, 0.25) is 0 Å². The molecule has 0 radical (unpaired) electrons. The lowest BCUT2D eigenvalue weighted by Gasteiger charge is -2.47. The van der Waals surface area contributed by atoms with Crippen molar-refractivity contribution < 1.29 is 19.4 Å². The number of aliphatic hydroxyl groups is 1. The van der Waals surface area contributed by atoms with E-state index in [-0.39, 0.29) is 30.3 Å². The topological polar surface area (TPSA) is 114 Å². The van der Waals surface area contributed by atoms with E-state index in [2.05, 4.69) is 63.7 Å². The normalized spacial score (nSPS) is 39.2. The molecule has 11 nitrogen and oxygen atoms in total. The highest BCUT2D eigenvalue weighted by Crippen LogP contribution is 2.41. The van der Waals surface area contributed by atoms with Gasteiger partial charge in [0, 0.05) is 69.9 Å². The van der Waals surface area contributed by atoms with Gasteiger partial charge in [-0.3, -0.25) is 30.5 Å². The number of carbonyl (C=O) groups excluding carboxylic acids is 1. The lowest BCUT2D eigenvalue weighted by molar-refractivity contribution is -0.128. The molecule has 6 rings (SSSR count). The molecule has 0 aromatic rings. The number of carbonyl (C=O) groups is 1. The van der Waals surface area contributed by atoms with Crippen molar-refractivity contribution in [2.75, 3.05) is 65.7 Å². The van der Waals surface area contributed by atoms with Crippen LogP contribution in [-0.4, -0.2) is 140 Å². The summed E-state index contributed by atoms with van der Waals surface area (Å²) in [5.41, 5.74) is 0. The number of ether oxygens (including phenoxy) is 2. The summed E-state index contributed by atoms with van der Waals surface area (Å²) in [7, 11) is 0. The van der Waals surface area contributed by atoms with E-state index in [0.717, 1.165) is 65.0 Å². The number of fused-ring (bicyclic) bond motifs is 1. The monoisotopic (exact) mass is 648 g/mol. The van der Waals surface area contributed by atoms with E-state index in [1.807, 2.05) is 0 Å². The van der Waals surface area contributed by atoms with Crippen LogP contribution >= 0.6 is 0 Å². The molecule has 9 unspecified atom stereocenters. The smallest absolute Gasteiger partial charge is 0.223 e. The van der Waals surface area contributed by atoms with Crippen LogP contribution in [0.25, 0.3) is 0 Å². The molecule has 6 fully saturated rings. The minimum atomic E-state index is -0.551. The Morgan fingerprint density at radius 3 is 2.54 bits per heavy atom. The Labute approximate surface area is 278 Å². The number of β-amino-alcohol motifs (C(OH)–C–C–N with tert-alkyl or cyclic N) is 1. The molecule has 4 heterocycles. The van der Waals surface area contributed by atoms with Gasteiger partial charge in [-0.15, -0.1) is 0 Å². The Balaban J connectivity index is 0.935. The number of hydrogen-bond donors (Lipinski definition) is 5. The first-order valence-corrected chi connectivity index (χ1v) is 18.9. The summed E-state index contributed by atoms with van der Waals surface area (Å²) in [5, 5.41) is 25.2. The Kier molecular flexibility index (Phi) is 12.3. The molecule has 2 saturated carbocycles. The molecule has 1 amide bonds. The van der Waals surface area contributed by atoms with E-state index in [1.54, 1.807) is 0 Å². The van der Waals surface area contributed by atoms with Gasteiger partial charge < -0.3 is 24.8 Å². The van der Waals surface area contributed by atoms with Gasteiger partial charge in [-0.25, -0.2) is 0 Å². The zero-order chi connectivity index (χ0) is 32.2. The van der Waals surface area contributed by atoms with E-state index in [0.29, 0.717) is 68.4 Å². The van der Waals surface area contributed by atoms with Gasteiger partial charge in [0.1, 0.15) is 0 Å². The maximum atomic E-state index is 13.5. The summed E-state index contributed by atoms with van der Waals surface area (Å²) >= 11 is 0. The third kappa shape index (κ3) is 8.82. The van der Waals surface area contributed by atoms with Crippen molar-refractivity contribution in [2.45, 2.75) is 128 Å². The Bertz CT molecular complexity index is 963. The first-order valence-electron chi connectivity index (χ1n) is 18.9. The molecule has 6 aliphatic rings. The molecule has 0 aromatic carbocycles. The van der Waals surface area contributed by atoms with Gasteiger partial charge in [0.2, 0.25) is 5.91 Å². The minimum Gasteiger partial charge on any atom is -0.390 e. The van der Waals surface area contributed by atoms with E-state index < -0.39 is 6.10 Å². The van der Waals surface area contributed by atoms with E-state index in [1.165, 1.54) is 25.7 Å². The van der Waals surface area contributed by atoms with Gasteiger partial charge in [0.05, 0.1) is 44.0 Å². The fourth-order valence-corrected chi connectivity index (χ4v) is 9.17. The maximum absolute atomic E-state index is 13.5. The standard InChI is InChI=1S/C35H65N7O4/c1-23(2)41-12-14-42(15-13-41)34-17-27(16-33(39-34)38-28-6-5-7-28)35(44)36-18-29(43)20-40-11-10-30-24(3)31(9-8-26(30)19-40)45-21-32-25(4)37-22-46-32/h23-34,37-39,43H,5-22H2,1-4H3,(H,36,44)/t24?,25?,26?,27?,29-,30?,31?,32?,33?,34?/m0/s1. The minimum absolute atomic E-state index is 0.0477. The number of rotatable bonds is 12. The van der Waals surface area contributed by atoms with Crippen LogP contribution in [0.15, 0.2) is 0 Å². The largest absolute Gasteiger partial charge is 0.390 e. The van der Waals surface area contributed by atoms with Crippen molar-refractivity contribution in [2.24, 2.45) is 23.7 Å². The molecule has 0 bridgehead atoms. The Hall–Kier alpha value is -0.890. The van der Waals surface area contributed by atoms with E-state index in [9.17, 15) is 9.90 Å². The van der Waals surface area contributed by atoms with Crippen LogP contribution in [0.4, 0.5) is 0 Å². The zero-order valence-corrected chi connectivity index (χ0v) is 29.2. The highest BCUT2D eigenvalue weighted by molar-refractivity contribution is 5.78. The molecule has 2 aliphatic carbocycles. The van der Waals surface area contributed by atoms with Crippen LogP contribution in [0.1, 0.15) is 79.1 Å². The molecule has 4 aliphatic heterocycles. The van der Waals surface area contributed by atoms with E-state index >= 15 is 0 Å². The van der Waals surface area contributed by atoms with Gasteiger partial charge in [-0.2, -0.15) is 0 Å². The van der Waals surface area contributed by atoms with Crippen molar-refractivity contribution in [3.05, 3.63) is 0 Å². The number of aliphatic hydroxyl groups excluding tert-OH is 1. The number of nitrogens with one attached hydrogen (secondary N) is 4. The molecular weight excluding hydrogens is 582 g/mol. The second-order valence-electron chi connectivity index (χ2n) is 15.9. The van der Waals surface area contributed by atoms with Crippen LogP contribution in [0.5, 0.6) is 0 Å². The van der Waals surface area contributed by atoms with Crippen molar-refractivity contribution >= 4 is 5.91 Å². The zero-order valence-electron chi connectivity index (χ0n) is 29.2. The number of likely N-dealkylation sites (tertiary alicyclic amines) is 1. The molecule has 11 heteroatoms. The summed E-state index contributed by atoms with van der Waals surface area (Å²) < 4.78 is 12.2. The van der Waals surface area contributed by atoms with Crippen molar-refractivity contribution in [3.8, 4) is 0 Å². The fourth-order valence-electron chi connectivity index (χ4n) is 9.17. The number of hydrogen-bond acceptors (Lipinski definition) is 10. The maximum Gasteiger partial charge on any atom is 0.223 e. The third-order valence-corrected chi connectivity index (χ3v) is 12.5. The number of piperazine rings is 1. The summed E-state index contributed by atoms with van der Waals surface area (Å²) in [4.78, 5) is 21.1. The number of piperidine rings is 2. The number of nitrogens with zero attached hydrogens (tertiary/aromatic N) is 3. The lowest BCUT2D eigenvalue weighted by atomic mass is 9.68. The molecule has 4 saturated heterocycles. The van der Waals surface area contributed by atoms with Crippen molar-refractivity contribution in [1.29, 1.82) is 0 Å². The highest BCUT2D eigenvalue weighted by atomic mass is 16.5. The predicted octanol–water partition coefficient (Wildman–Crippen LogP) is 1.37. The number of amides is 1. The molecule has 264 valence electrons. The summed E-state index contributed by atoms with van der Waals surface area (Å²) in [6.45, 7) is 17.6.